The number of aromatic hydroxyl groups is 1. The predicted octanol–water partition coefficient (Wildman–Crippen LogP) is 4.66. The molecular weight excluding hydrogens is 523 g/mol. The second kappa shape index (κ2) is 8.49. The summed E-state index contributed by atoms with van der Waals surface area (Å²) < 4.78 is 14.0. The standard InChI is InChI=1S/C30H28ClFN2O5/c1-13-9-15(10-14(2)25(13)35)24-17-6-7-18-23(28(38)33(4)26(18)36)19(17)12-20-27(37)34(29(39)30(20,24)3)16-5-8-22(32)21(31)11-16/h5-6,8-11,18-20,23-24,35H,7,12H2,1-4H3/t18-,19+,20-,23-,24-,30+/m0/s1. The summed E-state index contributed by atoms with van der Waals surface area (Å²) >= 11 is 6.02. The molecule has 7 nitrogen and oxygen atoms in total. The van der Waals surface area contributed by atoms with Crippen molar-refractivity contribution < 1.29 is 28.7 Å². The lowest BCUT2D eigenvalue weighted by molar-refractivity contribution is -0.138. The molecule has 9 heteroatoms. The number of aryl methyl sites for hydroxylation is 2. The van der Waals surface area contributed by atoms with Gasteiger partial charge < -0.3 is 5.11 Å². The van der Waals surface area contributed by atoms with E-state index in [0.717, 1.165) is 22.1 Å². The van der Waals surface area contributed by atoms with Crippen LogP contribution in [0, 0.1) is 48.8 Å². The molecule has 2 aromatic rings. The third-order valence-electron chi connectivity index (χ3n) is 9.50. The van der Waals surface area contributed by atoms with Crippen molar-refractivity contribution in [3.05, 3.63) is 69.5 Å². The smallest absolute Gasteiger partial charge is 0.241 e. The van der Waals surface area contributed by atoms with E-state index in [2.05, 4.69) is 0 Å². The van der Waals surface area contributed by atoms with Crippen molar-refractivity contribution in [1.29, 1.82) is 0 Å². The van der Waals surface area contributed by atoms with E-state index < -0.39 is 52.6 Å². The van der Waals surface area contributed by atoms with Crippen molar-refractivity contribution in [1.82, 2.24) is 4.90 Å². The fourth-order valence-electron chi connectivity index (χ4n) is 7.58. The van der Waals surface area contributed by atoms with Crippen LogP contribution in [0.15, 0.2) is 42.0 Å². The van der Waals surface area contributed by atoms with Gasteiger partial charge in [0.15, 0.2) is 0 Å². The Bertz CT molecular complexity index is 1510. The first kappa shape index (κ1) is 25.7. The van der Waals surface area contributed by atoms with Gasteiger partial charge in [-0.2, -0.15) is 0 Å². The van der Waals surface area contributed by atoms with Crippen molar-refractivity contribution in [3.63, 3.8) is 0 Å². The first-order valence-electron chi connectivity index (χ1n) is 13.0. The predicted molar refractivity (Wildman–Crippen MR) is 141 cm³/mol. The third-order valence-corrected chi connectivity index (χ3v) is 9.79. The maximum Gasteiger partial charge on any atom is 0.241 e. The van der Waals surface area contributed by atoms with Crippen LogP contribution in [0.2, 0.25) is 5.02 Å². The van der Waals surface area contributed by atoms with Gasteiger partial charge in [-0.05, 0) is 74.4 Å². The summed E-state index contributed by atoms with van der Waals surface area (Å²) in [6.45, 7) is 5.34. The van der Waals surface area contributed by atoms with E-state index >= 15 is 0 Å². The van der Waals surface area contributed by atoms with Gasteiger partial charge >= 0.3 is 0 Å². The molecular formula is C30H28ClFN2O5. The Hall–Kier alpha value is -3.52. The van der Waals surface area contributed by atoms with E-state index in [1.807, 2.05) is 18.2 Å². The highest BCUT2D eigenvalue weighted by atomic mass is 35.5. The summed E-state index contributed by atoms with van der Waals surface area (Å²) in [6.07, 6.45) is 2.59. The first-order valence-corrected chi connectivity index (χ1v) is 13.4. The second-order valence-corrected chi connectivity index (χ2v) is 11.9. The van der Waals surface area contributed by atoms with E-state index in [4.69, 9.17) is 11.6 Å². The fraction of sp³-hybridized carbons (Fsp3) is 0.400. The SMILES string of the molecule is Cc1cc([C@H]2C3=CC[C@@H]4C(=O)N(C)C(=O)[C@@H]4[C@@H]3C[C@H]3C(=O)N(c4ccc(F)c(Cl)c4)C(=O)[C@@]23C)cc(C)c1O. The number of likely N-dealkylation sites (tertiary alicyclic amines) is 1. The molecule has 2 saturated heterocycles. The minimum Gasteiger partial charge on any atom is -0.507 e. The third kappa shape index (κ3) is 3.33. The number of nitrogens with zero attached hydrogens (tertiary/aromatic N) is 2. The van der Waals surface area contributed by atoms with Crippen LogP contribution in [-0.2, 0) is 19.2 Å². The molecule has 6 rings (SSSR count). The lowest BCUT2D eigenvalue weighted by atomic mass is 9.51. The minimum atomic E-state index is -1.22. The zero-order valence-corrected chi connectivity index (χ0v) is 22.8. The average molecular weight is 551 g/mol. The topological polar surface area (TPSA) is 95.0 Å². The minimum absolute atomic E-state index is 0.153. The van der Waals surface area contributed by atoms with Crippen LogP contribution in [0.3, 0.4) is 0 Å². The number of imide groups is 2. The van der Waals surface area contributed by atoms with Gasteiger partial charge in [-0.1, -0.05) is 35.4 Å². The molecule has 3 fully saturated rings. The molecule has 4 amide bonds. The van der Waals surface area contributed by atoms with Crippen LogP contribution >= 0.6 is 11.6 Å². The lowest BCUT2D eigenvalue weighted by Gasteiger charge is -2.49. The number of carbonyl (C=O) groups is 4. The molecule has 0 spiro atoms. The molecule has 0 aromatic heterocycles. The number of hydrogen-bond acceptors (Lipinski definition) is 5. The van der Waals surface area contributed by atoms with Crippen molar-refractivity contribution in [3.8, 4) is 5.75 Å². The van der Waals surface area contributed by atoms with Gasteiger partial charge in [-0.15, -0.1) is 0 Å². The fourth-order valence-corrected chi connectivity index (χ4v) is 7.75. The highest BCUT2D eigenvalue weighted by Gasteiger charge is 2.67. The average Bonchev–Trinajstić information content (AvgIpc) is 3.23. The van der Waals surface area contributed by atoms with Gasteiger partial charge in [0, 0.05) is 13.0 Å². The highest BCUT2D eigenvalue weighted by Crippen LogP contribution is 2.63. The number of anilines is 1. The number of phenols is 1. The molecule has 2 heterocycles. The van der Waals surface area contributed by atoms with E-state index in [9.17, 15) is 28.7 Å². The van der Waals surface area contributed by atoms with Crippen LogP contribution < -0.4 is 4.90 Å². The summed E-state index contributed by atoms with van der Waals surface area (Å²) in [4.78, 5) is 56.8. The number of benzene rings is 2. The van der Waals surface area contributed by atoms with E-state index in [0.29, 0.717) is 17.5 Å². The normalized spacial score (nSPS) is 31.8. The Kier molecular flexibility index (Phi) is 5.60. The zero-order valence-electron chi connectivity index (χ0n) is 22.0. The number of hydrogen-bond donors (Lipinski definition) is 1. The Morgan fingerprint density at radius 1 is 1.00 bits per heavy atom. The van der Waals surface area contributed by atoms with Gasteiger partial charge in [0.1, 0.15) is 11.6 Å². The summed E-state index contributed by atoms with van der Waals surface area (Å²) in [5.41, 5.74) is 1.86. The molecule has 2 aliphatic carbocycles. The molecule has 6 atom stereocenters. The van der Waals surface area contributed by atoms with Crippen molar-refractivity contribution in [2.24, 2.45) is 29.1 Å². The molecule has 4 aliphatic rings. The number of amides is 4. The maximum absolute atomic E-state index is 14.3. The number of fused-ring (bicyclic) bond motifs is 4. The van der Waals surface area contributed by atoms with Crippen LogP contribution in [0.1, 0.15) is 42.4 Å². The Morgan fingerprint density at radius 3 is 2.31 bits per heavy atom. The monoisotopic (exact) mass is 550 g/mol. The molecule has 2 aromatic carbocycles. The van der Waals surface area contributed by atoms with E-state index in [1.165, 1.54) is 24.1 Å². The number of carbonyl (C=O) groups excluding carboxylic acids is 4. The molecule has 0 unspecified atom stereocenters. The Morgan fingerprint density at radius 2 is 1.67 bits per heavy atom. The summed E-state index contributed by atoms with van der Waals surface area (Å²) in [5, 5.41) is 10.3. The van der Waals surface area contributed by atoms with Gasteiger partial charge in [-0.25, -0.2) is 9.29 Å². The van der Waals surface area contributed by atoms with Crippen LogP contribution in [0.4, 0.5) is 10.1 Å². The molecule has 2 aliphatic heterocycles. The number of phenolic OH excluding ortho intramolecular Hbond substituents is 1. The first-order chi connectivity index (χ1) is 18.4. The largest absolute Gasteiger partial charge is 0.507 e. The number of allylic oxidation sites excluding steroid dienone is 2. The summed E-state index contributed by atoms with van der Waals surface area (Å²) in [7, 11) is 1.49. The molecule has 202 valence electrons. The van der Waals surface area contributed by atoms with Crippen molar-refractivity contribution in [2.75, 3.05) is 11.9 Å². The number of halogens is 2. The molecule has 1 N–H and O–H groups in total. The molecule has 0 radical (unpaired) electrons. The van der Waals surface area contributed by atoms with Crippen molar-refractivity contribution >= 4 is 40.9 Å². The molecule has 39 heavy (non-hydrogen) atoms. The van der Waals surface area contributed by atoms with Gasteiger partial charge in [0.2, 0.25) is 23.6 Å². The Labute approximate surface area is 230 Å². The lowest BCUT2D eigenvalue weighted by Crippen LogP contribution is -2.48. The highest BCUT2D eigenvalue weighted by molar-refractivity contribution is 6.31. The van der Waals surface area contributed by atoms with Crippen LogP contribution in [-0.4, -0.2) is 40.7 Å². The Balaban J connectivity index is 1.56. The quantitative estimate of drug-likeness (QED) is 0.433. The second-order valence-electron chi connectivity index (χ2n) is 11.5. The van der Waals surface area contributed by atoms with Crippen LogP contribution in [0.25, 0.3) is 0 Å². The van der Waals surface area contributed by atoms with E-state index in [-0.39, 0.29) is 34.7 Å². The summed E-state index contributed by atoms with van der Waals surface area (Å²) in [5.74, 6) is -4.74. The molecule has 0 bridgehead atoms. The van der Waals surface area contributed by atoms with Gasteiger partial charge in [0.05, 0.1) is 33.9 Å². The van der Waals surface area contributed by atoms with Crippen molar-refractivity contribution in [2.45, 2.75) is 39.5 Å². The van der Waals surface area contributed by atoms with Gasteiger partial charge in [0.25, 0.3) is 0 Å². The van der Waals surface area contributed by atoms with Crippen LogP contribution in [0.5, 0.6) is 5.75 Å². The molecule has 1 saturated carbocycles. The summed E-state index contributed by atoms with van der Waals surface area (Å²) in [6, 6.07) is 7.41. The van der Waals surface area contributed by atoms with Gasteiger partial charge in [-0.3, -0.25) is 24.1 Å². The van der Waals surface area contributed by atoms with E-state index in [1.54, 1.807) is 20.8 Å². The zero-order chi connectivity index (χ0) is 28.1. The maximum atomic E-state index is 14.3. The number of rotatable bonds is 2.